The first-order chi connectivity index (χ1) is 8.95. The van der Waals surface area contributed by atoms with Crippen LogP contribution in [0.1, 0.15) is 6.92 Å². The van der Waals surface area contributed by atoms with Gasteiger partial charge < -0.3 is 16.0 Å². The van der Waals surface area contributed by atoms with Crippen molar-refractivity contribution in [3.8, 4) is 0 Å². The van der Waals surface area contributed by atoms with Gasteiger partial charge in [0.25, 0.3) is 0 Å². The predicted octanol–water partition coefficient (Wildman–Crippen LogP) is 1.86. The lowest BCUT2D eigenvalue weighted by Crippen LogP contribution is -2.39. The lowest BCUT2D eigenvalue weighted by Gasteiger charge is -2.20. The fourth-order valence-electron chi connectivity index (χ4n) is 1.52. The van der Waals surface area contributed by atoms with E-state index in [-0.39, 0.29) is 43.2 Å². The number of halogens is 2. The van der Waals surface area contributed by atoms with E-state index in [1.807, 2.05) is 18.2 Å². The van der Waals surface area contributed by atoms with E-state index < -0.39 is 0 Å². The Hall–Kier alpha value is -1.11. The number of nitrogens with one attached hydrogen (secondary N) is 1. The maximum atomic E-state index is 11.8. The van der Waals surface area contributed by atoms with Gasteiger partial charge in [0.05, 0.1) is 12.2 Å². The molecule has 0 saturated carbocycles. The van der Waals surface area contributed by atoms with Crippen LogP contribution in [0.2, 0.25) is 0 Å². The number of rotatable bonds is 5. The van der Waals surface area contributed by atoms with E-state index in [0.29, 0.717) is 5.69 Å². The van der Waals surface area contributed by atoms with Crippen LogP contribution < -0.4 is 11.1 Å². The van der Waals surface area contributed by atoms with Gasteiger partial charge in [-0.15, -0.1) is 12.4 Å². The van der Waals surface area contributed by atoms with Gasteiger partial charge in [-0.1, -0.05) is 19.1 Å². The molecule has 7 heteroatoms. The first-order valence-corrected chi connectivity index (χ1v) is 6.74. The highest BCUT2D eigenvalue weighted by Crippen LogP contribution is 2.20. The molecule has 2 amide bonds. The Labute approximate surface area is 133 Å². The minimum atomic E-state index is -0.277. The van der Waals surface area contributed by atoms with Crippen molar-refractivity contribution in [2.24, 2.45) is 11.7 Å². The Morgan fingerprint density at radius 2 is 2.00 bits per heavy atom. The molecule has 0 aliphatic carbocycles. The molecule has 0 spiro atoms. The first kappa shape index (κ1) is 18.9. The van der Waals surface area contributed by atoms with E-state index in [2.05, 4.69) is 21.2 Å². The van der Waals surface area contributed by atoms with Crippen molar-refractivity contribution in [1.29, 1.82) is 0 Å². The van der Waals surface area contributed by atoms with Gasteiger partial charge in [0, 0.05) is 24.0 Å². The van der Waals surface area contributed by atoms with Gasteiger partial charge in [-0.25, -0.2) is 0 Å². The summed E-state index contributed by atoms with van der Waals surface area (Å²) in [4.78, 5) is 25.0. The van der Waals surface area contributed by atoms with Crippen LogP contribution in [0, 0.1) is 5.92 Å². The highest BCUT2D eigenvalue weighted by atomic mass is 79.9. The molecule has 5 nitrogen and oxygen atoms in total. The van der Waals surface area contributed by atoms with Crippen LogP contribution in [-0.2, 0) is 9.59 Å². The Morgan fingerprint density at radius 1 is 1.40 bits per heavy atom. The van der Waals surface area contributed by atoms with E-state index >= 15 is 0 Å². The van der Waals surface area contributed by atoms with Crippen LogP contribution in [0.5, 0.6) is 0 Å². The lowest BCUT2D eigenvalue weighted by atomic mass is 10.1. The summed E-state index contributed by atoms with van der Waals surface area (Å²) in [6.07, 6.45) is 0. The smallest absolute Gasteiger partial charge is 0.244 e. The minimum absolute atomic E-state index is 0. The fraction of sp³-hybridized carbons (Fsp3) is 0.385. The molecule has 0 heterocycles. The Morgan fingerprint density at radius 3 is 2.55 bits per heavy atom. The third kappa shape index (κ3) is 5.48. The second-order valence-corrected chi connectivity index (χ2v) is 5.21. The maximum absolute atomic E-state index is 11.8. The number of nitrogens with zero attached hydrogens (tertiary/aromatic N) is 1. The fourth-order valence-corrected chi connectivity index (χ4v) is 1.91. The average Bonchev–Trinajstić information content (AvgIpc) is 2.39. The summed E-state index contributed by atoms with van der Waals surface area (Å²) in [6, 6.07) is 7.30. The molecule has 1 unspecified atom stereocenters. The van der Waals surface area contributed by atoms with E-state index in [1.165, 1.54) is 4.90 Å². The van der Waals surface area contributed by atoms with Gasteiger partial charge >= 0.3 is 0 Å². The van der Waals surface area contributed by atoms with Crippen LogP contribution in [0.15, 0.2) is 28.7 Å². The van der Waals surface area contributed by atoms with Gasteiger partial charge in [0.15, 0.2) is 0 Å². The molecule has 3 N–H and O–H groups in total. The van der Waals surface area contributed by atoms with Crippen molar-refractivity contribution >= 4 is 45.8 Å². The van der Waals surface area contributed by atoms with Crippen LogP contribution in [0.4, 0.5) is 5.69 Å². The summed E-state index contributed by atoms with van der Waals surface area (Å²) in [7, 11) is 1.59. The van der Waals surface area contributed by atoms with Crippen molar-refractivity contribution in [2.45, 2.75) is 6.92 Å². The summed E-state index contributed by atoms with van der Waals surface area (Å²) in [5, 5.41) is 2.74. The van der Waals surface area contributed by atoms with E-state index in [0.717, 1.165) is 4.47 Å². The molecule has 0 fully saturated rings. The molecule has 1 atom stereocenters. The number of benzene rings is 1. The monoisotopic (exact) mass is 363 g/mol. The molecule has 1 aromatic rings. The Balaban J connectivity index is 0.00000361. The summed E-state index contributed by atoms with van der Waals surface area (Å²) in [5.41, 5.74) is 6.11. The maximum Gasteiger partial charge on any atom is 0.244 e. The largest absolute Gasteiger partial charge is 0.336 e. The molecule has 0 aliphatic rings. The number of amides is 2. The molecule has 0 radical (unpaired) electrons. The van der Waals surface area contributed by atoms with Gasteiger partial charge in [-0.05, 0) is 28.1 Å². The topological polar surface area (TPSA) is 75.4 Å². The lowest BCUT2D eigenvalue weighted by molar-refractivity contribution is -0.136. The van der Waals surface area contributed by atoms with Crippen molar-refractivity contribution in [3.05, 3.63) is 28.7 Å². The van der Waals surface area contributed by atoms with Crippen molar-refractivity contribution < 1.29 is 9.59 Å². The predicted molar refractivity (Wildman–Crippen MR) is 85.9 cm³/mol. The Kier molecular flexibility index (Phi) is 8.45. The number of hydrogen-bond donors (Lipinski definition) is 2. The number of carbonyl (C=O) groups excluding carboxylic acids is 2. The first-order valence-electron chi connectivity index (χ1n) is 5.95. The van der Waals surface area contributed by atoms with Crippen LogP contribution in [0.3, 0.4) is 0 Å². The molecular formula is C13H19BrClN3O2. The summed E-state index contributed by atoms with van der Waals surface area (Å²) < 4.78 is 0.799. The molecule has 1 aromatic carbocycles. The zero-order chi connectivity index (χ0) is 14.4. The zero-order valence-corrected chi connectivity index (χ0v) is 13.8. The number of anilines is 1. The second-order valence-electron chi connectivity index (χ2n) is 4.36. The third-order valence-corrected chi connectivity index (χ3v) is 3.37. The summed E-state index contributed by atoms with van der Waals surface area (Å²) in [5.74, 6) is -0.655. The van der Waals surface area contributed by atoms with Gasteiger partial charge in [-0.3, -0.25) is 9.59 Å². The molecular weight excluding hydrogens is 346 g/mol. The van der Waals surface area contributed by atoms with Crippen LogP contribution in [0.25, 0.3) is 0 Å². The third-order valence-electron chi connectivity index (χ3n) is 2.68. The second kappa shape index (κ2) is 8.94. The highest BCUT2D eigenvalue weighted by molar-refractivity contribution is 9.10. The minimum Gasteiger partial charge on any atom is -0.336 e. The summed E-state index contributed by atoms with van der Waals surface area (Å²) >= 11 is 3.34. The van der Waals surface area contributed by atoms with Gasteiger partial charge in [0.1, 0.15) is 0 Å². The molecule has 20 heavy (non-hydrogen) atoms. The SMILES string of the molecule is CC(CN)C(=O)N(C)CC(=O)Nc1ccccc1Br.Cl. The van der Waals surface area contributed by atoms with Crippen molar-refractivity contribution in [3.63, 3.8) is 0 Å². The number of nitrogens with two attached hydrogens (primary N) is 1. The zero-order valence-electron chi connectivity index (χ0n) is 11.4. The molecule has 0 saturated heterocycles. The van der Waals surface area contributed by atoms with E-state index in [4.69, 9.17) is 5.73 Å². The average molecular weight is 365 g/mol. The quantitative estimate of drug-likeness (QED) is 0.837. The summed E-state index contributed by atoms with van der Waals surface area (Å²) in [6.45, 7) is 2.02. The van der Waals surface area contributed by atoms with Crippen LogP contribution in [-0.4, -0.2) is 36.9 Å². The number of hydrogen-bond acceptors (Lipinski definition) is 3. The van der Waals surface area contributed by atoms with Crippen molar-refractivity contribution in [1.82, 2.24) is 4.90 Å². The molecule has 0 aliphatic heterocycles. The van der Waals surface area contributed by atoms with Gasteiger partial charge in [-0.2, -0.15) is 0 Å². The normalized spacial score (nSPS) is 11.2. The Bertz CT molecular complexity index is 471. The number of carbonyl (C=O) groups is 2. The van der Waals surface area contributed by atoms with Gasteiger partial charge in [0.2, 0.25) is 11.8 Å². The standard InChI is InChI=1S/C13H18BrN3O2.ClH/c1-9(7-15)13(19)17(2)8-12(18)16-11-6-4-3-5-10(11)14;/h3-6,9H,7-8,15H2,1-2H3,(H,16,18);1H. The molecule has 0 bridgehead atoms. The highest BCUT2D eigenvalue weighted by Gasteiger charge is 2.18. The van der Waals surface area contributed by atoms with Crippen molar-refractivity contribution in [2.75, 3.05) is 25.5 Å². The molecule has 1 rings (SSSR count). The van der Waals surface area contributed by atoms with E-state index in [1.54, 1.807) is 20.0 Å². The molecule has 0 aromatic heterocycles. The number of likely N-dealkylation sites (N-methyl/N-ethyl adjacent to an activating group) is 1. The van der Waals surface area contributed by atoms with Crippen LogP contribution >= 0.6 is 28.3 Å². The van der Waals surface area contributed by atoms with E-state index in [9.17, 15) is 9.59 Å². The molecule has 112 valence electrons. The number of para-hydroxylation sites is 1.